The van der Waals surface area contributed by atoms with E-state index in [4.69, 9.17) is 16.3 Å². The Bertz CT molecular complexity index is 622. The summed E-state index contributed by atoms with van der Waals surface area (Å²) in [4.78, 5) is 11.4. The summed E-state index contributed by atoms with van der Waals surface area (Å²) in [7, 11) is 0. The van der Waals surface area contributed by atoms with Crippen molar-refractivity contribution in [3.05, 3.63) is 64.7 Å². The summed E-state index contributed by atoms with van der Waals surface area (Å²) in [6.07, 6.45) is -0.890. The summed E-state index contributed by atoms with van der Waals surface area (Å²) in [6.45, 7) is 0. The number of hydrogen-bond acceptors (Lipinski definition) is 2. The van der Waals surface area contributed by atoms with Crippen LogP contribution in [0.15, 0.2) is 48.5 Å². The Balaban J connectivity index is 2.09. The van der Waals surface area contributed by atoms with Crippen LogP contribution < -0.4 is 4.74 Å². The molecule has 1 aliphatic heterocycles. The largest absolute Gasteiger partial charge is 0.478 e. The van der Waals surface area contributed by atoms with Gasteiger partial charge in [-0.3, -0.25) is 0 Å². The highest BCUT2D eigenvalue weighted by Crippen LogP contribution is 2.42. The number of carboxylic acids is 1. The van der Waals surface area contributed by atoms with Crippen molar-refractivity contribution in [2.75, 3.05) is 0 Å². The molecule has 1 N–H and O–H groups in total. The number of aliphatic carboxylic acids is 1. The summed E-state index contributed by atoms with van der Waals surface area (Å²) in [5.41, 5.74) is 1.79. The monoisotopic (exact) mass is 274 g/mol. The second-order valence-corrected chi connectivity index (χ2v) is 4.88. The smallest absolute Gasteiger partial charge is 0.345 e. The second kappa shape index (κ2) is 4.59. The van der Waals surface area contributed by atoms with Crippen LogP contribution in [-0.2, 0) is 4.79 Å². The molecule has 2 aromatic rings. The van der Waals surface area contributed by atoms with Gasteiger partial charge in [-0.2, -0.15) is 0 Å². The van der Waals surface area contributed by atoms with Crippen LogP contribution in [0.25, 0.3) is 0 Å². The zero-order valence-corrected chi connectivity index (χ0v) is 10.7. The SMILES string of the molecule is O=C(O)[C@@H]1Oc2ccccc2[C@@H]1c1ccc(Cl)cc1. The lowest BCUT2D eigenvalue weighted by molar-refractivity contribution is -0.144. The standard InChI is InChI=1S/C15H11ClO3/c16-10-7-5-9(6-8-10)13-11-3-1-2-4-12(11)19-14(13)15(17)18/h1-8,13-14H,(H,17,18)/t13-,14+/m0/s1. The molecule has 4 heteroatoms. The van der Waals surface area contributed by atoms with Gasteiger partial charge in [0, 0.05) is 10.6 Å². The number of halogens is 1. The van der Waals surface area contributed by atoms with Gasteiger partial charge >= 0.3 is 5.97 Å². The number of para-hydroxylation sites is 1. The quantitative estimate of drug-likeness (QED) is 0.914. The van der Waals surface area contributed by atoms with Crippen LogP contribution in [0.2, 0.25) is 5.02 Å². The summed E-state index contributed by atoms with van der Waals surface area (Å²) in [6, 6.07) is 14.6. The number of ether oxygens (including phenoxy) is 1. The van der Waals surface area contributed by atoms with Crippen LogP contribution in [0.3, 0.4) is 0 Å². The number of carboxylic acid groups (broad SMARTS) is 1. The van der Waals surface area contributed by atoms with E-state index in [9.17, 15) is 9.90 Å². The second-order valence-electron chi connectivity index (χ2n) is 4.44. The number of rotatable bonds is 2. The van der Waals surface area contributed by atoms with Crippen molar-refractivity contribution < 1.29 is 14.6 Å². The number of carbonyl (C=O) groups is 1. The average molecular weight is 275 g/mol. The highest BCUT2D eigenvalue weighted by atomic mass is 35.5. The van der Waals surface area contributed by atoms with E-state index < -0.39 is 12.1 Å². The third kappa shape index (κ3) is 2.06. The molecule has 0 bridgehead atoms. The molecule has 0 aliphatic carbocycles. The topological polar surface area (TPSA) is 46.5 Å². The lowest BCUT2D eigenvalue weighted by Crippen LogP contribution is -2.29. The molecule has 96 valence electrons. The number of fused-ring (bicyclic) bond motifs is 1. The molecule has 0 aromatic heterocycles. The Morgan fingerprint density at radius 2 is 1.79 bits per heavy atom. The average Bonchev–Trinajstić information content (AvgIpc) is 2.79. The van der Waals surface area contributed by atoms with Crippen molar-refractivity contribution in [1.82, 2.24) is 0 Å². The Hall–Kier alpha value is -2.00. The third-order valence-corrected chi connectivity index (χ3v) is 3.54. The van der Waals surface area contributed by atoms with E-state index in [2.05, 4.69) is 0 Å². The van der Waals surface area contributed by atoms with E-state index in [-0.39, 0.29) is 5.92 Å². The molecule has 0 saturated carbocycles. The zero-order valence-electron chi connectivity index (χ0n) is 9.92. The van der Waals surface area contributed by atoms with Gasteiger partial charge in [0.2, 0.25) is 6.10 Å². The normalized spacial score (nSPS) is 20.7. The van der Waals surface area contributed by atoms with E-state index in [0.717, 1.165) is 11.1 Å². The molecule has 3 nitrogen and oxygen atoms in total. The first kappa shape index (κ1) is 12.1. The molecule has 1 aliphatic rings. The first-order valence-electron chi connectivity index (χ1n) is 5.90. The van der Waals surface area contributed by atoms with Crippen LogP contribution in [0.5, 0.6) is 5.75 Å². The van der Waals surface area contributed by atoms with Crippen LogP contribution in [0.4, 0.5) is 0 Å². The van der Waals surface area contributed by atoms with Crippen molar-refractivity contribution >= 4 is 17.6 Å². The van der Waals surface area contributed by atoms with Gasteiger partial charge in [0.05, 0.1) is 5.92 Å². The molecular formula is C15H11ClO3. The molecule has 0 spiro atoms. The van der Waals surface area contributed by atoms with E-state index in [1.807, 2.05) is 30.3 Å². The predicted octanol–water partition coefficient (Wildman–Crippen LogP) is 3.32. The fraction of sp³-hybridized carbons (Fsp3) is 0.133. The van der Waals surface area contributed by atoms with Crippen LogP contribution in [0.1, 0.15) is 17.0 Å². The molecule has 1 heterocycles. The minimum atomic E-state index is -0.962. The fourth-order valence-corrected chi connectivity index (χ4v) is 2.56. The van der Waals surface area contributed by atoms with Gasteiger partial charge in [-0.1, -0.05) is 41.9 Å². The van der Waals surface area contributed by atoms with E-state index in [1.165, 1.54) is 0 Å². The highest BCUT2D eigenvalue weighted by Gasteiger charge is 2.40. The predicted molar refractivity (Wildman–Crippen MR) is 71.8 cm³/mol. The molecule has 0 amide bonds. The molecule has 2 atom stereocenters. The van der Waals surface area contributed by atoms with Gasteiger partial charge in [-0.05, 0) is 23.8 Å². The summed E-state index contributed by atoms with van der Waals surface area (Å²) < 4.78 is 5.53. The number of benzene rings is 2. The maximum absolute atomic E-state index is 11.4. The molecular weight excluding hydrogens is 264 g/mol. The molecule has 3 rings (SSSR count). The summed E-state index contributed by atoms with van der Waals surface area (Å²) >= 11 is 5.87. The fourth-order valence-electron chi connectivity index (χ4n) is 2.43. The molecule has 0 fully saturated rings. The highest BCUT2D eigenvalue weighted by molar-refractivity contribution is 6.30. The minimum Gasteiger partial charge on any atom is -0.478 e. The van der Waals surface area contributed by atoms with Crippen molar-refractivity contribution in [2.24, 2.45) is 0 Å². The molecule has 0 radical (unpaired) electrons. The third-order valence-electron chi connectivity index (χ3n) is 3.28. The van der Waals surface area contributed by atoms with Gasteiger partial charge < -0.3 is 9.84 Å². The lowest BCUT2D eigenvalue weighted by Gasteiger charge is -2.15. The molecule has 19 heavy (non-hydrogen) atoms. The Kier molecular flexibility index (Phi) is 2.91. The Morgan fingerprint density at radius 3 is 2.47 bits per heavy atom. The van der Waals surface area contributed by atoms with Crippen molar-refractivity contribution in [1.29, 1.82) is 0 Å². The molecule has 2 aromatic carbocycles. The molecule has 0 saturated heterocycles. The summed E-state index contributed by atoms with van der Waals surface area (Å²) in [5, 5.41) is 9.95. The molecule has 0 unspecified atom stereocenters. The minimum absolute atomic E-state index is 0.300. The van der Waals surface area contributed by atoms with Crippen molar-refractivity contribution in [3.8, 4) is 5.75 Å². The number of hydrogen-bond donors (Lipinski definition) is 1. The maximum Gasteiger partial charge on any atom is 0.345 e. The van der Waals surface area contributed by atoms with Gasteiger partial charge in [0.1, 0.15) is 5.75 Å². The lowest BCUT2D eigenvalue weighted by atomic mass is 9.88. The van der Waals surface area contributed by atoms with Gasteiger partial charge in [0.15, 0.2) is 0 Å². The van der Waals surface area contributed by atoms with Gasteiger partial charge in [-0.25, -0.2) is 4.79 Å². The van der Waals surface area contributed by atoms with E-state index in [0.29, 0.717) is 10.8 Å². The van der Waals surface area contributed by atoms with Crippen LogP contribution >= 0.6 is 11.6 Å². The van der Waals surface area contributed by atoms with Crippen LogP contribution in [0, 0.1) is 0 Å². The summed E-state index contributed by atoms with van der Waals surface area (Å²) in [5.74, 6) is -0.628. The van der Waals surface area contributed by atoms with Gasteiger partial charge in [-0.15, -0.1) is 0 Å². The van der Waals surface area contributed by atoms with Crippen molar-refractivity contribution in [2.45, 2.75) is 12.0 Å². The van der Waals surface area contributed by atoms with E-state index >= 15 is 0 Å². The Morgan fingerprint density at radius 1 is 1.11 bits per heavy atom. The van der Waals surface area contributed by atoms with Gasteiger partial charge in [0.25, 0.3) is 0 Å². The first-order chi connectivity index (χ1) is 9.16. The first-order valence-corrected chi connectivity index (χ1v) is 6.28. The Labute approximate surface area is 115 Å². The van der Waals surface area contributed by atoms with E-state index in [1.54, 1.807) is 18.2 Å². The van der Waals surface area contributed by atoms with Crippen molar-refractivity contribution in [3.63, 3.8) is 0 Å². The zero-order chi connectivity index (χ0) is 13.4. The van der Waals surface area contributed by atoms with Crippen LogP contribution in [-0.4, -0.2) is 17.2 Å². The maximum atomic E-state index is 11.4.